The minimum Gasteiger partial charge on any atom is -0.353 e. The van der Waals surface area contributed by atoms with Crippen molar-refractivity contribution in [3.63, 3.8) is 0 Å². The lowest BCUT2D eigenvalue weighted by atomic mass is 10.1. The van der Waals surface area contributed by atoms with Crippen LogP contribution in [0.5, 0.6) is 0 Å². The van der Waals surface area contributed by atoms with Gasteiger partial charge in [0, 0.05) is 43.7 Å². The topological polar surface area (TPSA) is 75.3 Å². The Kier molecular flexibility index (Phi) is 6.81. The summed E-state index contributed by atoms with van der Waals surface area (Å²) < 4.78 is 0. The Morgan fingerprint density at radius 3 is 2.54 bits per heavy atom. The van der Waals surface area contributed by atoms with E-state index < -0.39 is 0 Å². The van der Waals surface area contributed by atoms with Gasteiger partial charge in [-0.2, -0.15) is 0 Å². The van der Waals surface area contributed by atoms with Crippen molar-refractivity contribution in [1.29, 1.82) is 0 Å². The van der Waals surface area contributed by atoms with Crippen molar-refractivity contribution in [3.05, 3.63) is 42.7 Å². The van der Waals surface area contributed by atoms with Crippen LogP contribution in [-0.2, 0) is 4.79 Å². The molecule has 0 bridgehead atoms. The van der Waals surface area contributed by atoms with Crippen LogP contribution in [0.25, 0.3) is 11.3 Å². The van der Waals surface area contributed by atoms with E-state index in [0.717, 1.165) is 36.6 Å². The number of carbonyl (C=O) groups excluding carboxylic acids is 1. The Hall–Kier alpha value is -1.89. The lowest BCUT2D eigenvalue weighted by Gasteiger charge is -2.26. The van der Waals surface area contributed by atoms with Gasteiger partial charge in [-0.15, -0.1) is 24.8 Å². The summed E-state index contributed by atoms with van der Waals surface area (Å²) in [6.45, 7) is 2.27. The van der Waals surface area contributed by atoms with E-state index in [1.807, 2.05) is 41.3 Å². The average molecular weight is 396 g/mol. The van der Waals surface area contributed by atoms with E-state index in [9.17, 15) is 4.79 Å². The molecule has 8 heteroatoms. The first kappa shape index (κ1) is 20.4. The number of likely N-dealkylation sites (tertiary alicyclic amines) is 1. The van der Waals surface area contributed by atoms with Crippen LogP contribution < -0.4 is 10.6 Å². The Bertz CT molecular complexity index is 745. The number of carbonyl (C=O) groups is 1. The largest absolute Gasteiger partial charge is 0.353 e. The molecule has 2 atom stereocenters. The fourth-order valence-electron chi connectivity index (χ4n) is 3.64. The minimum absolute atomic E-state index is 0. The second kappa shape index (κ2) is 8.66. The molecule has 0 aliphatic carbocycles. The van der Waals surface area contributed by atoms with Crippen LogP contribution in [-0.4, -0.2) is 52.5 Å². The van der Waals surface area contributed by atoms with Crippen molar-refractivity contribution in [3.8, 4) is 11.3 Å². The van der Waals surface area contributed by atoms with E-state index in [4.69, 9.17) is 5.73 Å². The Morgan fingerprint density at radius 2 is 1.85 bits per heavy atom. The summed E-state index contributed by atoms with van der Waals surface area (Å²) in [6, 6.07) is 12.1. The molecule has 4 rings (SSSR count). The standard InChI is InChI=1S/C18H21N5O.2ClH/c19-14-10-22(11-16(14)23-8-4-7-18(23)24)17-9-15(20-12-21-17)13-5-2-1-3-6-13;;/h1-3,5-6,9,12,14,16H,4,7-8,10-11,19H2;2*1H/t14-,16-;;/m0../s1. The molecule has 3 heterocycles. The van der Waals surface area contributed by atoms with E-state index in [1.165, 1.54) is 0 Å². The molecule has 1 aromatic heterocycles. The van der Waals surface area contributed by atoms with Crippen LogP contribution in [0.15, 0.2) is 42.7 Å². The van der Waals surface area contributed by atoms with Crippen molar-refractivity contribution in [1.82, 2.24) is 14.9 Å². The molecule has 1 amide bonds. The number of nitrogens with two attached hydrogens (primary N) is 1. The molecule has 2 aliphatic heterocycles. The molecule has 0 radical (unpaired) electrons. The molecule has 2 N–H and O–H groups in total. The highest BCUT2D eigenvalue weighted by atomic mass is 35.5. The third kappa shape index (κ3) is 3.92. The molecule has 140 valence electrons. The van der Waals surface area contributed by atoms with E-state index in [0.29, 0.717) is 13.0 Å². The van der Waals surface area contributed by atoms with Crippen molar-refractivity contribution >= 4 is 36.5 Å². The first-order valence-corrected chi connectivity index (χ1v) is 8.40. The van der Waals surface area contributed by atoms with Gasteiger partial charge in [0.1, 0.15) is 12.1 Å². The summed E-state index contributed by atoms with van der Waals surface area (Å²) in [5, 5.41) is 0. The molecule has 2 aromatic rings. The number of anilines is 1. The lowest BCUT2D eigenvalue weighted by molar-refractivity contribution is -0.129. The van der Waals surface area contributed by atoms with Crippen molar-refractivity contribution in [2.45, 2.75) is 24.9 Å². The number of aromatic nitrogens is 2. The SMILES string of the molecule is Cl.Cl.N[C@H]1CN(c2cc(-c3ccccc3)ncn2)C[C@@H]1N1CCCC1=O. The third-order valence-electron chi connectivity index (χ3n) is 4.89. The zero-order valence-corrected chi connectivity index (χ0v) is 16.0. The van der Waals surface area contributed by atoms with Gasteiger partial charge in [0.2, 0.25) is 5.91 Å². The van der Waals surface area contributed by atoms with Crippen molar-refractivity contribution < 1.29 is 4.79 Å². The Balaban J connectivity index is 0.00000121. The molecular formula is C18H23Cl2N5O. The summed E-state index contributed by atoms with van der Waals surface area (Å²) in [6.07, 6.45) is 3.18. The molecule has 0 spiro atoms. The molecule has 0 saturated carbocycles. The van der Waals surface area contributed by atoms with Crippen LogP contribution in [0.2, 0.25) is 0 Å². The van der Waals surface area contributed by atoms with E-state index in [2.05, 4.69) is 14.9 Å². The monoisotopic (exact) mass is 395 g/mol. The number of hydrogen-bond acceptors (Lipinski definition) is 5. The van der Waals surface area contributed by atoms with E-state index in [-0.39, 0.29) is 42.8 Å². The number of amides is 1. The number of halogens is 2. The highest BCUT2D eigenvalue weighted by molar-refractivity contribution is 5.85. The van der Waals surface area contributed by atoms with Gasteiger partial charge in [0.15, 0.2) is 0 Å². The lowest BCUT2D eigenvalue weighted by Crippen LogP contribution is -2.47. The smallest absolute Gasteiger partial charge is 0.223 e. The van der Waals surface area contributed by atoms with Gasteiger partial charge in [-0.05, 0) is 6.42 Å². The van der Waals surface area contributed by atoms with Gasteiger partial charge >= 0.3 is 0 Å². The maximum absolute atomic E-state index is 12.0. The molecule has 2 saturated heterocycles. The predicted molar refractivity (Wildman–Crippen MR) is 107 cm³/mol. The maximum atomic E-state index is 12.0. The highest BCUT2D eigenvalue weighted by Crippen LogP contribution is 2.26. The maximum Gasteiger partial charge on any atom is 0.223 e. The molecular weight excluding hydrogens is 373 g/mol. The quantitative estimate of drug-likeness (QED) is 0.861. The second-order valence-electron chi connectivity index (χ2n) is 6.45. The molecule has 2 aliphatic rings. The number of nitrogens with zero attached hydrogens (tertiary/aromatic N) is 4. The third-order valence-corrected chi connectivity index (χ3v) is 4.89. The summed E-state index contributed by atoms with van der Waals surface area (Å²) in [7, 11) is 0. The molecule has 1 aromatic carbocycles. The van der Waals surface area contributed by atoms with Gasteiger partial charge in [0.05, 0.1) is 11.7 Å². The van der Waals surface area contributed by atoms with Crippen LogP contribution in [0.4, 0.5) is 5.82 Å². The molecule has 26 heavy (non-hydrogen) atoms. The van der Waals surface area contributed by atoms with Crippen LogP contribution in [0.1, 0.15) is 12.8 Å². The molecule has 0 unspecified atom stereocenters. The van der Waals surface area contributed by atoms with E-state index >= 15 is 0 Å². The summed E-state index contributed by atoms with van der Waals surface area (Å²) in [4.78, 5) is 24.9. The average Bonchev–Trinajstić information content (AvgIpc) is 3.21. The fraction of sp³-hybridized carbons (Fsp3) is 0.389. The first-order valence-electron chi connectivity index (χ1n) is 8.40. The summed E-state index contributed by atoms with van der Waals surface area (Å²) in [5.41, 5.74) is 8.28. The van der Waals surface area contributed by atoms with Gasteiger partial charge in [0.25, 0.3) is 0 Å². The number of rotatable bonds is 3. The Labute approximate surface area is 165 Å². The predicted octanol–water partition coefficient (Wildman–Crippen LogP) is 2.13. The van der Waals surface area contributed by atoms with Gasteiger partial charge in [-0.1, -0.05) is 30.3 Å². The highest BCUT2D eigenvalue weighted by Gasteiger charge is 2.38. The molecule has 6 nitrogen and oxygen atoms in total. The first-order chi connectivity index (χ1) is 11.7. The zero-order chi connectivity index (χ0) is 16.5. The minimum atomic E-state index is -0.0396. The van der Waals surface area contributed by atoms with Crippen molar-refractivity contribution in [2.75, 3.05) is 24.5 Å². The summed E-state index contributed by atoms with van der Waals surface area (Å²) >= 11 is 0. The Morgan fingerprint density at radius 1 is 1.08 bits per heavy atom. The van der Waals surface area contributed by atoms with Crippen LogP contribution in [0.3, 0.4) is 0 Å². The fourth-order valence-corrected chi connectivity index (χ4v) is 3.64. The van der Waals surface area contributed by atoms with Gasteiger partial charge < -0.3 is 15.5 Å². The summed E-state index contributed by atoms with van der Waals surface area (Å²) in [5.74, 6) is 1.10. The van der Waals surface area contributed by atoms with E-state index in [1.54, 1.807) is 6.33 Å². The van der Waals surface area contributed by atoms with Gasteiger partial charge in [-0.3, -0.25) is 4.79 Å². The number of hydrogen-bond donors (Lipinski definition) is 1. The van der Waals surface area contributed by atoms with Crippen molar-refractivity contribution in [2.24, 2.45) is 5.73 Å². The normalized spacial score (nSPS) is 22.1. The van der Waals surface area contributed by atoms with Crippen LogP contribution in [0, 0.1) is 0 Å². The second-order valence-corrected chi connectivity index (χ2v) is 6.45. The van der Waals surface area contributed by atoms with Crippen LogP contribution >= 0.6 is 24.8 Å². The van der Waals surface area contributed by atoms with Gasteiger partial charge in [-0.25, -0.2) is 9.97 Å². The zero-order valence-electron chi connectivity index (χ0n) is 14.3. The molecule has 2 fully saturated rings. The number of benzene rings is 1.